The minimum absolute atomic E-state index is 0.0475. The van der Waals surface area contributed by atoms with Crippen molar-refractivity contribution in [2.45, 2.75) is 32.4 Å². The Morgan fingerprint density at radius 3 is 2.61 bits per heavy atom. The SMILES string of the molecule is C[Si](C)(C)CCOCn1cc(I)c2c(Oc3c(F)cc(NC(=S)NCC4(CO)COC4)cc3F)ccnc21. The van der Waals surface area contributed by atoms with Gasteiger partial charge in [0.25, 0.3) is 0 Å². The highest BCUT2D eigenvalue weighted by Gasteiger charge is 2.38. The van der Waals surface area contributed by atoms with Crippen molar-refractivity contribution in [2.75, 3.05) is 38.3 Å². The third-order valence-electron chi connectivity index (χ3n) is 6.14. The normalized spacial score (nSPS) is 14.8. The number of fused-ring (bicyclic) bond motifs is 1. The minimum atomic E-state index is -1.20. The topological polar surface area (TPSA) is 89.8 Å². The zero-order valence-electron chi connectivity index (χ0n) is 21.4. The minimum Gasteiger partial charge on any atom is -0.450 e. The van der Waals surface area contributed by atoms with E-state index in [1.54, 1.807) is 6.07 Å². The Kier molecular flexibility index (Phi) is 9.25. The molecule has 206 valence electrons. The molecule has 2 aromatic heterocycles. The fourth-order valence-corrected chi connectivity index (χ4v) is 5.58. The molecule has 0 atom stereocenters. The molecule has 1 saturated heterocycles. The van der Waals surface area contributed by atoms with Gasteiger partial charge in [0.1, 0.15) is 18.1 Å². The summed E-state index contributed by atoms with van der Waals surface area (Å²) in [4.78, 5) is 4.44. The van der Waals surface area contributed by atoms with E-state index in [1.807, 2.05) is 10.8 Å². The number of aromatic nitrogens is 2. The number of ether oxygens (including phenoxy) is 3. The number of nitrogens with one attached hydrogen (secondary N) is 2. The lowest BCUT2D eigenvalue weighted by molar-refractivity contribution is -0.132. The van der Waals surface area contributed by atoms with E-state index in [2.05, 4.69) is 57.8 Å². The number of pyridine rings is 1. The van der Waals surface area contributed by atoms with E-state index in [4.69, 9.17) is 26.4 Å². The quantitative estimate of drug-likeness (QED) is 0.109. The Morgan fingerprint density at radius 1 is 1.29 bits per heavy atom. The number of anilines is 1. The van der Waals surface area contributed by atoms with Gasteiger partial charge in [-0.3, -0.25) is 0 Å². The van der Waals surface area contributed by atoms with Crippen LogP contribution in [0.3, 0.4) is 0 Å². The first-order chi connectivity index (χ1) is 18.0. The molecule has 1 aromatic carbocycles. The first-order valence-corrected chi connectivity index (χ1v) is 17.3. The average molecular weight is 677 g/mol. The predicted molar refractivity (Wildman–Crippen MR) is 158 cm³/mol. The summed E-state index contributed by atoms with van der Waals surface area (Å²) in [6.07, 6.45) is 3.42. The Labute approximate surface area is 240 Å². The maximum atomic E-state index is 15.0. The number of nitrogens with zero attached hydrogens (tertiary/aromatic N) is 2. The fraction of sp³-hybridized carbons (Fsp3) is 0.440. The molecule has 3 aromatic rings. The summed E-state index contributed by atoms with van der Waals surface area (Å²) in [5.74, 6) is -2.01. The second-order valence-corrected chi connectivity index (χ2v) is 17.8. The lowest BCUT2D eigenvalue weighted by Crippen LogP contribution is -2.53. The van der Waals surface area contributed by atoms with E-state index < -0.39 is 30.9 Å². The molecule has 0 unspecified atom stereocenters. The summed E-state index contributed by atoms with van der Waals surface area (Å²) in [5, 5.41) is 16.1. The van der Waals surface area contributed by atoms with Crippen LogP contribution in [0.15, 0.2) is 30.6 Å². The summed E-state index contributed by atoms with van der Waals surface area (Å²) in [6.45, 7) is 9.03. The van der Waals surface area contributed by atoms with Crippen molar-refractivity contribution in [1.29, 1.82) is 0 Å². The van der Waals surface area contributed by atoms with Crippen LogP contribution in [0.4, 0.5) is 14.5 Å². The second kappa shape index (κ2) is 12.1. The number of aliphatic hydroxyl groups excluding tert-OH is 1. The highest BCUT2D eigenvalue weighted by atomic mass is 127. The van der Waals surface area contributed by atoms with Gasteiger partial charge in [-0.1, -0.05) is 19.6 Å². The van der Waals surface area contributed by atoms with Crippen molar-refractivity contribution in [3.8, 4) is 11.5 Å². The predicted octanol–water partition coefficient (Wildman–Crippen LogP) is 5.32. The van der Waals surface area contributed by atoms with Crippen LogP contribution in [0.5, 0.6) is 11.5 Å². The van der Waals surface area contributed by atoms with Gasteiger partial charge in [-0.2, -0.15) is 0 Å². The average Bonchev–Trinajstić information content (AvgIpc) is 3.14. The lowest BCUT2D eigenvalue weighted by atomic mass is 9.87. The van der Waals surface area contributed by atoms with Crippen LogP contribution >= 0.6 is 34.8 Å². The molecule has 8 nitrogen and oxygen atoms in total. The molecule has 0 spiro atoms. The summed E-state index contributed by atoms with van der Waals surface area (Å²) in [7, 11) is -1.20. The molecule has 3 N–H and O–H groups in total. The fourth-order valence-electron chi connectivity index (χ4n) is 3.79. The first-order valence-electron chi connectivity index (χ1n) is 12.1. The summed E-state index contributed by atoms with van der Waals surface area (Å²) in [5.41, 5.74) is 0.337. The van der Waals surface area contributed by atoms with Gasteiger partial charge in [0.15, 0.2) is 22.5 Å². The van der Waals surface area contributed by atoms with Gasteiger partial charge in [-0.15, -0.1) is 0 Å². The lowest BCUT2D eigenvalue weighted by Gasteiger charge is -2.40. The van der Waals surface area contributed by atoms with E-state index in [-0.39, 0.29) is 23.2 Å². The largest absolute Gasteiger partial charge is 0.450 e. The van der Waals surface area contributed by atoms with Crippen LogP contribution in [0.1, 0.15) is 0 Å². The number of thiocarbonyl (C=S) groups is 1. The Balaban J connectivity index is 1.45. The van der Waals surface area contributed by atoms with Crippen molar-refractivity contribution >= 4 is 64.7 Å². The number of halogens is 3. The molecule has 0 bridgehead atoms. The Hall–Kier alpha value is -1.91. The molecule has 4 rings (SSSR count). The molecule has 0 aliphatic carbocycles. The number of rotatable bonds is 11. The van der Waals surface area contributed by atoms with Gasteiger partial charge in [-0.05, 0) is 46.9 Å². The van der Waals surface area contributed by atoms with Crippen molar-refractivity contribution < 1.29 is 28.1 Å². The monoisotopic (exact) mass is 676 g/mol. The summed E-state index contributed by atoms with van der Waals surface area (Å²) in [6, 6.07) is 4.85. The smallest absolute Gasteiger partial charge is 0.198 e. The molecule has 0 radical (unpaired) electrons. The van der Waals surface area contributed by atoms with Crippen LogP contribution in [0, 0.1) is 20.6 Å². The van der Waals surface area contributed by atoms with Crippen LogP contribution in [-0.2, 0) is 16.2 Å². The van der Waals surface area contributed by atoms with Crippen LogP contribution in [0.2, 0.25) is 25.7 Å². The van der Waals surface area contributed by atoms with Crippen LogP contribution < -0.4 is 15.4 Å². The van der Waals surface area contributed by atoms with Gasteiger partial charge < -0.3 is 34.5 Å². The Morgan fingerprint density at radius 2 is 2.00 bits per heavy atom. The van der Waals surface area contributed by atoms with E-state index in [0.29, 0.717) is 44.1 Å². The van der Waals surface area contributed by atoms with Crippen molar-refractivity contribution in [2.24, 2.45) is 5.41 Å². The molecule has 38 heavy (non-hydrogen) atoms. The van der Waals surface area contributed by atoms with Gasteiger partial charge in [-0.25, -0.2) is 13.8 Å². The summed E-state index contributed by atoms with van der Waals surface area (Å²) >= 11 is 7.38. The van der Waals surface area contributed by atoms with Gasteiger partial charge >= 0.3 is 0 Å². The molecule has 13 heteroatoms. The number of aliphatic hydroxyl groups is 1. The van der Waals surface area contributed by atoms with E-state index >= 15 is 0 Å². The van der Waals surface area contributed by atoms with E-state index in [0.717, 1.165) is 21.7 Å². The maximum absolute atomic E-state index is 15.0. The van der Waals surface area contributed by atoms with E-state index in [9.17, 15) is 13.9 Å². The third kappa shape index (κ3) is 6.99. The maximum Gasteiger partial charge on any atom is 0.198 e. The molecule has 1 fully saturated rings. The molecular weight excluding hydrogens is 645 g/mol. The molecule has 1 aliphatic heterocycles. The first kappa shape index (κ1) is 29.1. The summed E-state index contributed by atoms with van der Waals surface area (Å²) < 4.78 is 49.4. The molecule has 3 heterocycles. The van der Waals surface area contributed by atoms with Crippen molar-refractivity contribution in [3.05, 3.63) is 45.8 Å². The van der Waals surface area contributed by atoms with Gasteiger partial charge in [0, 0.05) is 55.0 Å². The van der Waals surface area contributed by atoms with Crippen molar-refractivity contribution in [3.63, 3.8) is 0 Å². The van der Waals surface area contributed by atoms with Gasteiger partial charge in [0.05, 0.1) is 30.6 Å². The molecular formula is C25H31F2IN4O4SSi. The van der Waals surface area contributed by atoms with Crippen LogP contribution in [0.25, 0.3) is 11.0 Å². The number of hydrogen-bond donors (Lipinski definition) is 3. The zero-order chi connectivity index (χ0) is 27.5. The van der Waals surface area contributed by atoms with Crippen molar-refractivity contribution in [1.82, 2.24) is 14.9 Å². The highest BCUT2D eigenvalue weighted by Crippen LogP contribution is 2.36. The standard InChI is InChI=1S/C25H31F2IN4O4SSi/c1-38(2,3)7-6-34-15-32-10-19(28)21-20(4-5-29-23(21)32)36-22-17(26)8-16(9-18(22)27)31-24(37)30-11-25(12-33)13-35-14-25/h4-5,8-10,33H,6-7,11-15H2,1-3H3,(H2,30,31,37). The van der Waals surface area contributed by atoms with Crippen LogP contribution in [-0.4, -0.2) is 60.8 Å². The second-order valence-electron chi connectivity index (χ2n) is 10.6. The number of benzene rings is 1. The highest BCUT2D eigenvalue weighted by molar-refractivity contribution is 14.1. The Bertz CT molecular complexity index is 1290. The number of hydrogen-bond acceptors (Lipinski definition) is 6. The molecule has 0 saturated carbocycles. The molecule has 0 amide bonds. The van der Waals surface area contributed by atoms with Gasteiger partial charge in [0.2, 0.25) is 0 Å². The molecule has 1 aliphatic rings. The van der Waals surface area contributed by atoms with E-state index in [1.165, 1.54) is 6.20 Å². The zero-order valence-corrected chi connectivity index (χ0v) is 25.4. The third-order valence-corrected chi connectivity index (χ3v) is 8.91.